The standard InChI is InChI=1S/C50H60/c1-29-12-11-13-30(2)43(29)37-24-22-33-20-21-34-23-25-38-48-42(28-41(37)44(33)47(34)48)50-46(32-16-7-4-8-17-32)40-27-36-19-10-9-18-35(36)26-39(40)45(49(38)50)31-14-5-3-6-15-31/h5,7,10-17,19,27,33-35,37-39,41-42,44-45,47-50H,3-4,6,8-9,18,20-26,28H2,1-2H3. The van der Waals surface area contributed by atoms with Crippen LogP contribution in [0.5, 0.6) is 0 Å². The van der Waals surface area contributed by atoms with Crippen LogP contribution < -0.4 is 0 Å². The molecule has 10 aliphatic rings. The van der Waals surface area contributed by atoms with Gasteiger partial charge in [0.25, 0.3) is 0 Å². The van der Waals surface area contributed by atoms with Gasteiger partial charge < -0.3 is 0 Å². The van der Waals surface area contributed by atoms with E-state index in [1.165, 1.54) is 83.5 Å². The Labute approximate surface area is 303 Å². The minimum Gasteiger partial charge on any atom is -0.0842 e. The smallest absolute Gasteiger partial charge is 0.00590 e. The molecule has 0 bridgehead atoms. The highest BCUT2D eigenvalue weighted by molar-refractivity contribution is 5.56. The predicted octanol–water partition coefficient (Wildman–Crippen LogP) is 12.7. The van der Waals surface area contributed by atoms with Gasteiger partial charge in [0.15, 0.2) is 0 Å². The minimum atomic E-state index is 0.693. The van der Waals surface area contributed by atoms with Crippen LogP contribution in [-0.2, 0) is 0 Å². The second kappa shape index (κ2) is 12.0. The fourth-order valence-corrected chi connectivity index (χ4v) is 16.1. The molecule has 0 N–H and O–H groups in total. The SMILES string of the molecule is Cc1cccc(C)c1C1CCC2CCC3CCC4C5C(C6=CCCC=C6)C6CC7CCC=CC7=CC6=C(C6=CCCC=C6)C5C5CC1C2C3C54. The summed E-state index contributed by atoms with van der Waals surface area (Å²) < 4.78 is 0. The molecule has 5 saturated carbocycles. The van der Waals surface area contributed by atoms with Crippen LogP contribution in [0, 0.1) is 90.8 Å². The Morgan fingerprint density at radius 1 is 0.540 bits per heavy atom. The van der Waals surface area contributed by atoms with E-state index in [2.05, 4.69) is 86.7 Å². The highest BCUT2D eigenvalue weighted by atomic mass is 14.7. The van der Waals surface area contributed by atoms with Gasteiger partial charge in [-0.1, -0.05) is 72.9 Å². The number of aryl methyl sites for hydroxylation is 2. The summed E-state index contributed by atoms with van der Waals surface area (Å²) in [5.74, 6) is 12.1. The Balaban J connectivity index is 1.13. The molecule has 14 atom stereocenters. The van der Waals surface area contributed by atoms with E-state index in [1.807, 2.05) is 5.57 Å². The molecule has 0 aromatic heterocycles. The third-order valence-electron chi connectivity index (χ3n) is 17.4. The van der Waals surface area contributed by atoms with Crippen molar-refractivity contribution in [3.63, 3.8) is 0 Å². The van der Waals surface area contributed by atoms with Crippen LogP contribution in [0.15, 0.2) is 101 Å². The van der Waals surface area contributed by atoms with Crippen LogP contribution in [-0.4, -0.2) is 0 Å². The molecule has 10 aliphatic carbocycles. The fraction of sp³-hybridized carbons (Fsp3) is 0.600. The number of hydrogen-bond acceptors (Lipinski definition) is 0. The Morgan fingerprint density at radius 3 is 2.08 bits per heavy atom. The Morgan fingerprint density at radius 2 is 1.28 bits per heavy atom. The van der Waals surface area contributed by atoms with Crippen molar-refractivity contribution in [1.82, 2.24) is 0 Å². The van der Waals surface area contributed by atoms with Crippen LogP contribution >= 0.6 is 0 Å². The molecular formula is C50H60. The normalized spacial score (nSPS) is 45.1. The van der Waals surface area contributed by atoms with Crippen LogP contribution in [0.4, 0.5) is 0 Å². The molecular weight excluding hydrogens is 601 g/mol. The van der Waals surface area contributed by atoms with Crippen molar-refractivity contribution in [2.45, 2.75) is 110 Å². The summed E-state index contributed by atoms with van der Waals surface area (Å²) in [6.45, 7) is 4.88. The lowest BCUT2D eigenvalue weighted by Crippen LogP contribution is -2.54. The molecule has 11 rings (SSSR count). The lowest BCUT2D eigenvalue weighted by atomic mass is 9.43. The van der Waals surface area contributed by atoms with E-state index in [1.54, 1.807) is 45.4 Å². The van der Waals surface area contributed by atoms with Gasteiger partial charge in [-0.25, -0.2) is 0 Å². The summed E-state index contributed by atoms with van der Waals surface area (Å²) in [5.41, 5.74) is 13.7. The molecule has 50 heavy (non-hydrogen) atoms. The van der Waals surface area contributed by atoms with E-state index in [-0.39, 0.29) is 0 Å². The fourth-order valence-electron chi connectivity index (χ4n) is 16.1. The first-order valence-electron chi connectivity index (χ1n) is 21.6. The van der Waals surface area contributed by atoms with Crippen molar-refractivity contribution in [2.24, 2.45) is 76.9 Å². The van der Waals surface area contributed by atoms with Gasteiger partial charge in [0.1, 0.15) is 0 Å². The summed E-state index contributed by atoms with van der Waals surface area (Å²) in [4.78, 5) is 0. The third kappa shape index (κ3) is 4.48. The lowest BCUT2D eigenvalue weighted by molar-refractivity contribution is -0.116. The first-order chi connectivity index (χ1) is 24.7. The quantitative estimate of drug-likeness (QED) is 0.303. The average molecular weight is 661 g/mol. The van der Waals surface area contributed by atoms with Crippen molar-refractivity contribution in [3.05, 3.63) is 117 Å². The summed E-state index contributed by atoms with van der Waals surface area (Å²) in [6, 6.07) is 7.21. The van der Waals surface area contributed by atoms with Gasteiger partial charge in [0, 0.05) is 0 Å². The Bertz CT molecular complexity index is 1760. The molecule has 260 valence electrons. The second-order valence-corrected chi connectivity index (χ2v) is 19.1. The van der Waals surface area contributed by atoms with Crippen molar-refractivity contribution < 1.29 is 0 Å². The molecule has 0 nitrogen and oxygen atoms in total. The second-order valence-electron chi connectivity index (χ2n) is 19.1. The zero-order valence-electron chi connectivity index (χ0n) is 30.9. The summed E-state index contributed by atoms with van der Waals surface area (Å²) >= 11 is 0. The van der Waals surface area contributed by atoms with Gasteiger partial charge in [-0.05, 0) is 231 Å². The molecule has 1 aromatic rings. The maximum atomic E-state index is 2.82. The number of allylic oxidation sites excluding steroid dienone is 14. The van der Waals surface area contributed by atoms with Crippen molar-refractivity contribution in [2.75, 3.05) is 0 Å². The number of rotatable bonds is 3. The van der Waals surface area contributed by atoms with Crippen LogP contribution in [0.2, 0.25) is 0 Å². The maximum Gasteiger partial charge on any atom is -0.00590 e. The number of benzene rings is 1. The summed E-state index contributed by atoms with van der Waals surface area (Å²) in [7, 11) is 0. The molecule has 0 spiro atoms. The van der Waals surface area contributed by atoms with Gasteiger partial charge >= 0.3 is 0 Å². The highest BCUT2D eigenvalue weighted by Gasteiger charge is 2.67. The molecule has 0 radical (unpaired) electrons. The molecule has 0 heteroatoms. The van der Waals surface area contributed by atoms with Crippen molar-refractivity contribution in [1.29, 1.82) is 0 Å². The third-order valence-corrected chi connectivity index (χ3v) is 17.4. The predicted molar refractivity (Wildman–Crippen MR) is 207 cm³/mol. The molecule has 0 amide bonds. The van der Waals surface area contributed by atoms with Gasteiger partial charge in [0.05, 0.1) is 0 Å². The molecule has 14 unspecified atom stereocenters. The molecule has 0 saturated heterocycles. The van der Waals surface area contributed by atoms with Crippen molar-refractivity contribution >= 4 is 0 Å². The summed E-state index contributed by atoms with van der Waals surface area (Å²) in [6.07, 6.45) is 43.2. The zero-order chi connectivity index (χ0) is 33.1. The van der Waals surface area contributed by atoms with E-state index in [4.69, 9.17) is 0 Å². The van der Waals surface area contributed by atoms with Gasteiger partial charge in [-0.3, -0.25) is 0 Å². The highest BCUT2D eigenvalue weighted by Crippen LogP contribution is 2.74. The maximum absolute atomic E-state index is 2.82. The number of hydrogen-bond donors (Lipinski definition) is 0. The molecule has 0 heterocycles. The van der Waals surface area contributed by atoms with E-state index >= 15 is 0 Å². The van der Waals surface area contributed by atoms with Crippen LogP contribution in [0.3, 0.4) is 0 Å². The molecule has 5 fully saturated rings. The van der Waals surface area contributed by atoms with Gasteiger partial charge in [-0.15, -0.1) is 0 Å². The van der Waals surface area contributed by atoms with Gasteiger partial charge in [0.2, 0.25) is 0 Å². The Kier molecular flexibility index (Phi) is 7.41. The van der Waals surface area contributed by atoms with E-state index in [0.717, 1.165) is 76.9 Å². The lowest BCUT2D eigenvalue weighted by Gasteiger charge is -2.61. The average Bonchev–Trinajstić information content (AvgIpc) is 3.48. The summed E-state index contributed by atoms with van der Waals surface area (Å²) in [5, 5.41) is 0. The number of fused-ring (bicyclic) bond motifs is 5. The van der Waals surface area contributed by atoms with Gasteiger partial charge in [-0.2, -0.15) is 0 Å². The Hall–Kier alpha value is -2.60. The van der Waals surface area contributed by atoms with E-state index in [9.17, 15) is 0 Å². The van der Waals surface area contributed by atoms with Crippen LogP contribution in [0.25, 0.3) is 0 Å². The van der Waals surface area contributed by atoms with E-state index < -0.39 is 0 Å². The largest absolute Gasteiger partial charge is 0.0842 e. The first-order valence-corrected chi connectivity index (χ1v) is 21.6. The minimum absolute atomic E-state index is 0.693. The monoisotopic (exact) mass is 660 g/mol. The molecule has 1 aromatic carbocycles. The van der Waals surface area contributed by atoms with E-state index in [0.29, 0.717) is 5.92 Å². The van der Waals surface area contributed by atoms with Crippen molar-refractivity contribution in [3.8, 4) is 0 Å². The zero-order valence-corrected chi connectivity index (χ0v) is 30.9. The molecule has 0 aliphatic heterocycles. The topological polar surface area (TPSA) is 0 Å². The first kappa shape index (κ1) is 31.0. The van der Waals surface area contributed by atoms with Crippen LogP contribution in [0.1, 0.15) is 112 Å².